The molecule has 2 aromatic carbocycles. The molecule has 5 rings (SSSR count). The lowest BCUT2D eigenvalue weighted by atomic mass is 9.85. The lowest BCUT2D eigenvalue weighted by Gasteiger charge is -2.55. The molecule has 2 fully saturated rings. The van der Waals surface area contributed by atoms with Crippen LogP contribution in [0.1, 0.15) is 50.2 Å². The minimum absolute atomic E-state index is 0.0238. The van der Waals surface area contributed by atoms with Gasteiger partial charge < -0.3 is 19.9 Å². The number of methoxy groups -OCH3 is 1. The Morgan fingerprint density at radius 2 is 1.81 bits per heavy atom. The monoisotopic (exact) mass is 585 g/mol. The van der Waals surface area contributed by atoms with Gasteiger partial charge in [0.25, 0.3) is 0 Å². The predicted octanol–water partition coefficient (Wildman–Crippen LogP) is 4.54. The van der Waals surface area contributed by atoms with Crippen molar-refractivity contribution in [1.29, 1.82) is 0 Å². The van der Waals surface area contributed by atoms with Crippen LogP contribution >= 0.6 is 0 Å². The number of allylic oxidation sites excluding steroid dienone is 3. The molecular weight excluding hydrogens is 542 g/mol. The number of amides is 4. The molecule has 0 aromatic heterocycles. The summed E-state index contributed by atoms with van der Waals surface area (Å²) in [6.07, 6.45) is 8.26. The molecule has 43 heavy (non-hydrogen) atoms. The summed E-state index contributed by atoms with van der Waals surface area (Å²) in [7, 11) is 3.37. The number of urea groups is 1. The van der Waals surface area contributed by atoms with Gasteiger partial charge in [0.05, 0.1) is 20.2 Å². The third-order valence-corrected chi connectivity index (χ3v) is 8.54. The SMILES string of the molecule is COc1ccc(CNC(=O)N2[C@H]3CN(CC(C4=CC=CCC4)c4ccccc4)C(=O)[C@H](CC(C)C)N3C(=O)CN2C)cc1. The summed E-state index contributed by atoms with van der Waals surface area (Å²) in [5.74, 6) is 0.780. The molecular formula is C34H43N5O4. The Morgan fingerprint density at radius 3 is 2.47 bits per heavy atom. The highest BCUT2D eigenvalue weighted by Gasteiger charge is 2.51. The summed E-state index contributed by atoms with van der Waals surface area (Å²) in [6, 6.07) is 16.9. The van der Waals surface area contributed by atoms with E-state index in [-0.39, 0.29) is 42.8 Å². The van der Waals surface area contributed by atoms with E-state index >= 15 is 0 Å². The number of likely N-dealkylation sites (N-methyl/N-ethyl adjacent to an activating group) is 1. The number of nitrogens with zero attached hydrogens (tertiary/aromatic N) is 4. The van der Waals surface area contributed by atoms with Crippen LogP contribution in [0.4, 0.5) is 4.79 Å². The van der Waals surface area contributed by atoms with E-state index in [0.29, 0.717) is 19.5 Å². The van der Waals surface area contributed by atoms with Crippen LogP contribution in [-0.2, 0) is 16.1 Å². The van der Waals surface area contributed by atoms with Gasteiger partial charge in [-0.25, -0.2) is 14.8 Å². The van der Waals surface area contributed by atoms with E-state index in [1.165, 1.54) is 5.57 Å². The topological polar surface area (TPSA) is 85.4 Å². The molecule has 9 nitrogen and oxygen atoms in total. The average molecular weight is 586 g/mol. The van der Waals surface area contributed by atoms with E-state index in [9.17, 15) is 14.4 Å². The van der Waals surface area contributed by atoms with E-state index in [4.69, 9.17) is 4.74 Å². The van der Waals surface area contributed by atoms with Crippen LogP contribution < -0.4 is 10.1 Å². The molecule has 2 aliphatic heterocycles. The van der Waals surface area contributed by atoms with Crippen molar-refractivity contribution >= 4 is 17.8 Å². The first-order valence-electron chi connectivity index (χ1n) is 15.2. The summed E-state index contributed by atoms with van der Waals surface area (Å²) in [5, 5.41) is 6.33. The van der Waals surface area contributed by atoms with Crippen LogP contribution in [0.3, 0.4) is 0 Å². The Morgan fingerprint density at radius 1 is 1.07 bits per heavy atom. The number of rotatable bonds is 9. The van der Waals surface area contributed by atoms with E-state index in [2.05, 4.69) is 49.5 Å². The second kappa shape index (κ2) is 13.5. The molecule has 0 radical (unpaired) electrons. The molecule has 1 unspecified atom stereocenters. The first kappa shape index (κ1) is 30.4. The molecule has 9 heteroatoms. The van der Waals surface area contributed by atoms with Gasteiger partial charge in [-0.05, 0) is 48.4 Å². The highest BCUT2D eigenvalue weighted by atomic mass is 16.5. The molecule has 2 heterocycles. The van der Waals surface area contributed by atoms with Crippen LogP contribution in [0.2, 0.25) is 0 Å². The Labute approximate surface area is 254 Å². The Kier molecular flexibility index (Phi) is 9.50. The summed E-state index contributed by atoms with van der Waals surface area (Å²) in [4.78, 5) is 45.0. The number of carbonyl (C=O) groups is 3. The van der Waals surface area contributed by atoms with Gasteiger partial charge in [0, 0.05) is 26.1 Å². The zero-order valence-electron chi connectivity index (χ0n) is 25.6. The molecule has 0 spiro atoms. The average Bonchev–Trinajstić information content (AvgIpc) is 3.01. The number of piperazine rings is 1. The second-order valence-electron chi connectivity index (χ2n) is 12.0. The summed E-state index contributed by atoms with van der Waals surface area (Å²) >= 11 is 0. The van der Waals surface area contributed by atoms with Crippen molar-refractivity contribution in [2.75, 3.05) is 33.8 Å². The number of fused-ring (bicyclic) bond motifs is 1. The summed E-state index contributed by atoms with van der Waals surface area (Å²) < 4.78 is 5.24. The van der Waals surface area contributed by atoms with Gasteiger partial charge in [0.1, 0.15) is 18.0 Å². The molecule has 3 atom stereocenters. The molecule has 2 saturated heterocycles. The van der Waals surface area contributed by atoms with Crippen LogP contribution in [0.5, 0.6) is 5.75 Å². The number of carbonyl (C=O) groups excluding carboxylic acids is 3. The molecule has 2 aromatic rings. The summed E-state index contributed by atoms with van der Waals surface area (Å²) in [5.41, 5.74) is 3.38. The Bertz CT molecular complexity index is 1360. The zero-order chi connectivity index (χ0) is 30.5. The highest BCUT2D eigenvalue weighted by molar-refractivity contribution is 5.91. The molecule has 3 aliphatic rings. The van der Waals surface area contributed by atoms with Gasteiger partial charge in [-0.3, -0.25) is 9.59 Å². The first-order valence-corrected chi connectivity index (χ1v) is 15.2. The smallest absolute Gasteiger partial charge is 0.334 e. The minimum atomic E-state index is -0.631. The van der Waals surface area contributed by atoms with Crippen LogP contribution in [0, 0.1) is 5.92 Å². The van der Waals surface area contributed by atoms with E-state index in [1.54, 1.807) is 29.1 Å². The first-order chi connectivity index (χ1) is 20.8. The van der Waals surface area contributed by atoms with Crippen molar-refractivity contribution in [3.63, 3.8) is 0 Å². The molecule has 1 N–H and O–H groups in total. The lowest BCUT2D eigenvalue weighted by Crippen LogP contribution is -2.76. The summed E-state index contributed by atoms with van der Waals surface area (Å²) in [6.45, 7) is 5.20. The maximum Gasteiger partial charge on any atom is 0.334 e. The van der Waals surface area contributed by atoms with Crippen molar-refractivity contribution in [2.45, 2.75) is 57.8 Å². The fourth-order valence-electron chi connectivity index (χ4n) is 6.40. The van der Waals surface area contributed by atoms with Crippen molar-refractivity contribution in [2.24, 2.45) is 5.92 Å². The van der Waals surface area contributed by atoms with Gasteiger partial charge in [-0.2, -0.15) is 0 Å². The Balaban J connectivity index is 1.43. The maximum atomic E-state index is 14.2. The van der Waals surface area contributed by atoms with E-state index in [1.807, 2.05) is 47.4 Å². The van der Waals surface area contributed by atoms with Crippen molar-refractivity contribution in [3.05, 3.63) is 89.5 Å². The zero-order valence-corrected chi connectivity index (χ0v) is 25.6. The second-order valence-corrected chi connectivity index (χ2v) is 12.0. The molecule has 4 amide bonds. The normalized spacial score (nSPS) is 21.5. The van der Waals surface area contributed by atoms with Crippen LogP contribution in [0.15, 0.2) is 78.4 Å². The standard InChI is InChI=1S/C34H43N5O4/c1-24(2)19-30-33(41)37(21-29(26-11-7-5-8-12-26)27-13-9-6-10-14-27)22-31-38(30)32(40)23-36(3)39(31)34(42)35-20-25-15-17-28(43-4)18-16-25/h5-9,11-13,15-18,24,29-31H,10,14,19-23H2,1-4H3,(H,35,42)/t29?,30-,31-/m0/s1. The highest BCUT2D eigenvalue weighted by Crippen LogP contribution is 2.34. The number of hydrogen-bond acceptors (Lipinski definition) is 5. The van der Waals surface area contributed by atoms with Gasteiger partial charge in [-0.15, -0.1) is 0 Å². The third-order valence-electron chi connectivity index (χ3n) is 8.54. The fraction of sp³-hybridized carbons (Fsp3) is 0.441. The molecule has 228 valence electrons. The van der Waals surface area contributed by atoms with Gasteiger partial charge in [0.15, 0.2) is 0 Å². The fourth-order valence-corrected chi connectivity index (χ4v) is 6.40. The maximum absolute atomic E-state index is 14.2. The number of ether oxygens (including phenoxy) is 1. The number of nitrogens with one attached hydrogen (secondary N) is 1. The van der Waals surface area contributed by atoms with Gasteiger partial charge >= 0.3 is 6.03 Å². The number of hydrogen-bond donors (Lipinski definition) is 1. The van der Waals surface area contributed by atoms with Crippen molar-refractivity contribution in [1.82, 2.24) is 25.1 Å². The van der Waals surface area contributed by atoms with Crippen LogP contribution in [0.25, 0.3) is 0 Å². The largest absolute Gasteiger partial charge is 0.497 e. The van der Waals surface area contributed by atoms with E-state index < -0.39 is 12.2 Å². The molecule has 0 saturated carbocycles. The predicted molar refractivity (Wildman–Crippen MR) is 166 cm³/mol. The Hall–Kier alpha value is -4.11. The third kappa shape index (κ3) is 6.77. The minimum Gasteiger partial charge on any atom is -0.497 e. The number of hydrazine groups is 1. The lowest BCUT2D eigenvalue weighted by molar-refractivity contribution is -0.188. The van der Waals surface area contributed by atoms with Crippen LogP contribution in [-0.4, -0.2) is 83.7 Å². The quantitative estimate of drug-likeness (QED) is 0.467. The van der Waals surface area contributed by atoms with E-state index in [0.717, 1.165) is 29.7 Å². The van der Waals surface area contributed by atoms with Crippen molar-refractivity contribution in [3.8, 4) is 5.75 Å². The van der Waals surface area contributed by atoms with Crippen molar-refractivity contribution < 1.29 is 19.1 Å². The number of benzene rings is 2. The van der Waals surface area contributed by atoms with Gasteiger partial charge in [-0.1, -0.05) is 80.1 Å². The molecule has 1 aliphatic carbocycles. The van der Waals surface area contributed by atoms with Gasteiger partial charge in [0.2, 0.25) is 11.8 Å². The molecule has 0 bridgehead atoms.